The third-order valence-corrected chi connectivity index (χ3v) is 5.54. The Morgan fingerprint density at radius 1 is 1.16 bits per heavy atom. The van der Waals surface area contributed by atoms with E-state index < -0.39 is 0 Å². The van der Waals surface area contributed by atoms with Crippen molar-refractivity contribution in [3.05, 3.63) is 72.1 Å². The Labute approximate surface area is 186 Å². The fraction of sp³-hybridized carbons (Fsp3) is 0.261. The number of nitrogens with zero attached hydrogens (tertiary/aromatic N) is 3. The second kappa shape index (κ2) is 10.7. The first-order chi connectivity index (χ1) is 15.0. The number of benzene rings is 2. The van der Waals surface area contributed by atoms with Crippen molar-refractivity contribution in [2.24, 2.45) is 0 Å². The smallest absolute Gasteiger partial charge is 0.234 e. The molecular formula is C23H26N4O3S. The summed E-state index contributed by atoms with van der Waals surface area (Å²) in [6, 6.07) is 13.3. The lowest BCUT2D eigenvalue weighted by atomic mass is 10.1. The number of rotatable bonds is 10. The maximum Gasteiger partial charge on any atom is 0.234 e. The van der Waals surface area contributed by atoms with Crippen LogP contribution in [0, 0.1) is 13.8 Å². The van der Waals surface area contributed by atoms with Gasteiger partial charge in [-0.3, -0.25) is 9.36 Å². The summed E-state index contributed by atoms with van der Waals surface area (Å²) in [5.74, 6) is 2.17. The van der Waals surface area contributed by atoms with Crippen LogP contribution >= 0.6 is 11.8 Å². The Bertz CT molecular complexity index is 1040. The van der Waals surface area contributed by atoms with Crippen LogP contribution in [0.5, 0.6) is 11.5 Å². The zero-order chi connectivity index (χ0) is 22.2. The molecule has 1 amide bonds. The van der Waals surface area contributed by atoms with Gasteiger partial charge in [0.15, 0.2) is 11.0 Å². The predicted octanol–water partition coefficient (Wildman–Crippen LogP) is 4.40. The highest BCUT2D eigenvalue weighted by molar-refractivity contribution is 7.99. The maximum atomic E-state index is 12.4. The van der Waals surface area contributed by atoms with Crippen LogP contribution in [-0.2, 0) is 17.9 Å². The van der Waals surface area contributed by atoms with Crippen molar-refractivity contribution in [1.29, 1.82) is 0 Å². The molecule has 7 nitrogen and oxygen atoms in total. The molecule has 1 aromatic heterocycles. The summed E-state index contributed by atoms with van der Waals surface area (Å²) >= 11 is 1.31. The number of ether oxygens (including phenoxy) is 2. The van der Waals surface area contributed by atoms with E-state index in [1.54, 1.807) is 25.3 Å². The molecule has 3 rings (SSSR count). The molecule has 0 fully saturated rings. The highest BCUT2D eigenvalue weighted by atomic mass is 32.2. The molecule has 1 N–H and O–H groups in total. The number of thioether (sulfide) groups is 1. The molecule has 0 bridgehead atoms. The number of aromatic nitrogens is 3. The molecule has 0 aliphatic carbocycles. The summed E-state index contributed by atoms with van der Waals surface area (Å²) in [5.41, 5.74) is 2.76. The van der Waals surface area contributed by atoms with Gasteiger partial charge >= 0.3 is 0 Å². The van der Waals surface area contributed by atoms with Crippen molar-refractivity contribution in [3.8, 4) is 11.5 Å². The van der Waals surface area contributed by atoms with E-state index in [0.717, 1.165) is 16.9 Å². The SMILES string of the molecule is C=CCn1c(COc2c(C)cccc2C)nnc1SCC(=O)Nc1ccccc1OC. The quantitative estimate of drug-likeness (QED) is 0.373. The van der Waals surface area contributed by atoms with Crippen molar-refractivity contribution in [2.75, 3.05) is 18.2 Å². The Morgan fingerprint density at radius 3 is 2.61 bits per heavy atom. The number of carbonyl (C=O) groups excluding carboxylic acids is 1. The lowest BCUT2D eigenvalue weighted by Gasteiger charge is -2.13. The summed E-state index contributed by atoms with van der Waals surface area (Å²) in [6.45, 7) is 8.64. The van der Waals surface area contributed by atoms with E-state index in [2.05, 4.69) is 22.1 Å². The number of aryl methyl sites for hydroxylation is 2. The van der Waals surface area contributed by atoms with E-state index in [9.17, 15) is 4.79 Å². The Morgan fingerprint density at radius 2 is 1.90 bits per heavy atom. The first-order valence-electron chi connectivity index (χ1n) is 9.81. The molecule has 0 aliphatic heterocycles. The molecule has 8 heteroatoms. The zero-order valence-corrected chi connectivity index (χ0v) is 18.7. The normalized spacial score (nSPS) is 10.5. The van der Waals surface area contributed by atoms with Gasteiger partial charge in [0.25, 0.3) is 0 Å². The molecule has 2 aromatic carbocycles. The fourth-order valence-electron chi connectivity index (χ4n) is 3.07. The van der Waals surface area contributed by atoms with Gasteiger partial charge in [0, 0.05) is 6.54 Å². The minimum atomic E-state index is -0.156. The molecule has 162 valence electrons. The topological polar surface area (TPSA) is 78.3 Å². The largest absolute Gasteiger partial charge is 0.495 e. The minimum Gasteiger partial charge on any atom is -0.495 e. The standard InChI is InChI=1S/C23H26N4O3S/c1-5-13-27-20(14-30-22-16(2)9-8-10-17(22)3)25-26-23(27)31-15-21(28)24-18-11-6-7-12-19(18)29-4/h5-12H,1,13-15H2,2-4H3,(H,24,28). The van der Waals surface area contributed by atoms with Crippen molar-refractivity contribution < 1.29 is 14.3 Å². The number of anilines is 1. The minimum absolute atomic E-state index is 0.156. The lowest BCUT2D eigenvalue weighted by Crippen LogP contribution is -2.15. The molecule has 31 heavy (non-hydrogen) atoms. The predicted molar refractivity (Wildman–Crippen MR) is 123 cm³/mol. The Kier molecular flexibility index (Phi) is 7.72. The van der Waals surface area contributed by atoms with E-state index >= 15 is 0 Å². The summed E-state index contributed by atoms with van der Waals surface area (Å²) in [5, 5.41) is 12.0. The van der Waals surface area contributed by atoms with Crippen molar-refractivity contribution in [1.82, 2.24) is 14.8 Å². The summed E-state index contributed by atoms with van der Waals surface area (Å²) in [4.78, 5) is 12.4. The second-order valence-corrected chi connectivity index (χ2v) is 7.79. The van der Waals surface area contributed by atoms with Gasteiger partial charge in [0.2, 0.25) is 5.91 Å². The fourth-order valence-corrected chi connectivity index (χ4v) is 3.84. The molecule has 0 unspecified atom stereocenters. The van der Waals surface area contributed by atoms with Crippen LogP contribution in [0.3, 0.4) is 0 Å². The molecule has 0 saturated carbocycles. The Balaban J connectivity index is 1.66. The van der Waals surface area contributed by atoms with Gasteiger partial charge < -0.3 is 14.8 Å². The third-order valence-electron chi connectivity index (χ3n) is 4.57. The van der Waals surface area contributed by atoms with Crippen molar-refractivity contribution in [3.63, 3.8) is 0 Å². The number of carbonyl (C=O) groups is 1. The molecule has 0 saturated heterocycles. The Hall–Kier alpha value is -3.26. The van der Waals surface area contributed by atoms with Gasteiger partial charge in [0.05, 0.1) is 18.6 Å². The highest BCUT2D eigenvalue weighted by Crippen LogP contribution is 2.25. The number of para-hydroxylation sites is 3. The maximum absolute atomic E-state index is 12.4. The van der Waals surface area contributed by atoms with Crippen LogP contribution < -0.4 is 14.8 Å². The van der Waals surface area contributed by atoms with Gasteiger partial charge in [0.1, 0.15) is 18.1 Å². The second-order valence-electron chi connectivity index (χ2n) is 6.84. The van der Waals surface area contributed by atoms with Gasteiger partial charge in [-0.2, -0.15) is 0 Å². The molecule has 0 aliphatic rings. The molecule has 1 heterocycles. The van der Waals surface area contributed by atoms with Crippen LogP contribution in [-0.4, -0.2) is 33.5 Å². The third kappa shape index (κ3) is 5.67. The van der Waals surface area contributed by atoms with Crippen molar-refractivity contribution in [2.45, 2.75) is 32.2 Å². The number of nitrogens with one attached hydrogen (secondary N) is 1. The summed E-state index contributed by atoms with van der Waals surface area (Å²) in [7, 11) is 1.57. The van der Waals surface area contributed by atoms with Crippen LogP contribution in [0.25, 0.3) is 0 Å². The number of allylic oxidation sites excluding steroid dienone is 1. The van der Waals surface area contributed by atoms with Gasteiger partial charge in [-0.05, 0) is 37.1 Å². The molecular weight excluding hydrogens is 412 g/mol. The average molecular weight is 439 g/mol. The monoisotopic (exact) mass is 438 g/mol. The van der Waals surface area contributed by atoms with Gasteiger partial charge in [-0.1, -0.05) is 48.2 Å². The number of methoxy groups -OCH3 is 1. The van der Waals surface area contributed by atoms with Crippen LogP contribution in [0.1, 0.15) is 17.0 Å². The van der Waals surface area contributed by atoms with Crippen LogP contribution in [0.2, 0.25) is 0 Å². The zero-order valence-electron chi connectivity index (χ0n) is 17.9. The van der Waals surface area contributed by atoms with E-state index in [0.29, 0.717) is 29.0 Å². The average Bonchev–Trinajstić information content (AvgIpc) is 3.14. The van der Waals surface area contributed by atoms with Gasteiger partial charge in [-0.25, -0.2) is 0 Å². The molecule has 0 atom stereocenters. The van der Waals surface area contributed by atoms with E-state index in [1.807, 2.05) is 48.7 Å². The first-order valence-corrected chi connectivity index (χ1v) is 10.8. The van der Waals surface area contributed by atoms with Crippen LogP contribution in [0.4, 0.5) is 5.69 Å². The summed E-state index contributed by atoms with van der Waals surface area (Å²) < 4.78 is 13.2. The number of amides is 1. The molecule has 0 spiro atoms. The van der Waals surface area contributed by atoms with E-state index in [-0.39, 0.29) is 18.3 Å². The van der Waals surface area contributed by atoms with Crippen LogP contribution in [0.15, 0.2) is 60.3 Å². The highest BCUT2D eigenvalue weighted by Gasteiger charge is 2.15. The van der Waals surface area contributed by atoms with E-state index in [1.165, 1.54) is 11.8 Å². The molecule has 3 aromatic rings. The number of hydrogen-bond acceptors (Lipinski definition) is 6. The number of hydrogen-bond donors (Lipinski definition) is 1. The molecule has 0 radical (unpaired) electrons. The lowest BCUT2D eigenvalue weighted by molar-refractivity contribution is -0.113. The first kappa shape index (κ1) is 22.4. The summed E-state index contributed by atoms with van der Waals surface area (Å²) in [6.07, 6.45) is 1.77. The van der Waals surface area contributed by atoms with Crippen molar-refractivity contribution >= 4 is 23.4 Å². The van der Waals surface area contributed by atoms with E-state index in [4.69, 9.17) is 9.47 Å². The van der Waals surface area contributed by atoms with Gasteiger partial charge in [-0.15, -0.1) is 16.8 Å².